The Morgan fingerprint density at radius 2 is 1.60 bits per heavy atom. The molecule has 1 aliphatic heterocycles. The van der Waals surface area contributed by atoms with Gasteiger partial charge in [0.1, 0.15) is 0 Å². The number of nitrogens with one attached hydrogen (secondary N) is 1. The molecule has 30 heavy (non-hydrogen) atoms. The van der Waals surface area contributed by atoms with Crippen LogP contribution in [0.2, 0.25) is 0 Å². The fraction of sp³-hybridized carbons (Fsp3) is 0.167. The van der Waals surface area contributed by atoms with Gasteiger partial charge in [-0.2, -0.15) is 0 Å². The number of carbonyl (C=O) groups excluding carboxylic acids is 2. The summed E-state index contributed by atoms with van der Waals surface area (Å²) < 4.78 is 16.0. The number of ether oxygens (including phenoxy) is 3. The van der Waals surface area contributed by atoms with E-state index in [-0.39, 0.29) is 11.9 Å². The predicted octanol–water partition coefficient (Wildman–Crippen LogP) is 4.55. The summed E-state index contributed by atoms with van der Waals surface area (Å²) in [4.78, 5) is 24.4. The summed E-state index contributed by atoms with van der Waals surface area (Å²) in [5.41, 5.74) is 3.46. The van der Waals surface area contributed by atoms with Crippen molar-refractivity contribution in [3.63, 3.8) is 0 Å². The molecule has 0 saturated carbocycles. The molecule has 6 heteroatoms. The Balaban J connectivity index is 1.48. The number of anilines is 1. The van der Waals surface area contributed by atoms with Crippen LogP contribution in [-0.2, 0) is 4.74 Å². The third kappa shape index (κ3) is 4.27. The summed E-state index contributed by atoms with van der Waals surface area (Å²) in [6, 6.07) is 19.8. The van der Waals surface area contributed by atoms with Crippen LogP contribution < -0.4 is 14.8 Å². The molecule has 152 valence electrons. The molecule has 4 rings (SSSR count). The zero-order chi connectivity index (χ0) is 20.9. The van der Waals surface area contributed by atoms with E-state index in [1.54, 1.807) is 36.4 Å². The quantitative estimate of drug-likeness (QED) is 0.647. The van der Waals surface area contributed by atoms with E-state index in [4.69, 9.17) is 14.2 Å². The Kier molecular flexibility index (Phi) is 5.66. The molecule has 3 aromatic rings. The van der Waals surface area contributed by atoms with E-state index in [0.717, 1.165) is 17.5 Å². The van der Waals surface area contributed by atoms with Crippen molar-refractivity contribution in [2.45, 2.75) is 6.42 Å². The molecule has 1 N–H and O–H groups in total. The minimum absolute atomic E-state index is 0.230. The summed E-state index contributed by atoms with van der Waals surface area (Å²) in [6.45, 7) is 1.17. The van der Waals surface area contributed by atoms with E-state index >= 15 is 0 Å². The van der Waals surface area contributed by atoms with Crippen LogP contribution in [0, 0.1) is 0 Å². The third-order valence-electron chi connectivity index (χ3n) is 4.77. The SMILES string of the molecule is COC(=O)c1cccc(-c2ccc(NC(=O)c3ccc4c(c3)OCCCO4)cc2)c1. The van der Waals surface area contributed by atoms with Gasteiger partial charge in [-0.05, 0) is 53.6 Å². The predicted molar refractivity (Wildman–Crippen MR) is 113 cm³/mol. The smallest absolute Gasteiger partial charge is 0.337 e. The molecule has 3 aromatic carbocycles. The summed E-state index contributed by atoms with van der Waals surface area (Å²) in [5, 5.41) is 2.89. The van der Waals surface area contributed by atoms with Gasteiger partial charge in [0.2, 0.25) is 0 Å². The van der Waals surface area contributed by atoms with Crippen molar-refractivity contribution >= 4 is 17.6 Å². The molecule has 0 aromatic heterocycles. The zero-order valence-electron chi connectivity index (χ0n) is 16.5. The highest BCUT2D eigenvalue weighted by Crippen LogP contribution is 2.31. The van der Waals surface area contributed by atoms with Crippen molar-refractivity contribution in [3.05, 3.63) is 77.9 Å². The summed E-state index contributed by atoms with van der Waals surface area (Å²) in [7, 11) is 1.36. The maximum absolute atomic E-state index is 12.6. The van der Waals surface area contributed by atoms with Crippen LogP contribution in [0.5, 0.6) is 11.5 Å². The molecule has 0 unspecified atom stereocenters. The lowest BCUT2D eigenvalue weighted by Gasteiger charge is -2.10. The van der Waals surface area contributed by atoms with Gasteiger partial charge in [-0.25, -0.2) is 4.79 Å². The first-order chi connectivity index (χ1) is 14.6. The van der Waals surface area contributed by atoms with Crippen molar-refractivity contribution in [1.29, 1.82) is 0 Å². The highest BCUT2D eigenvalue weighted by Gasteiger charge is 2.14. The largest absolute Gasteiger partial charge is 0.490 e. The monoisotopic (exact) mass is 403 g/mol. The van der Waals surface area contributed by atoms with E-state index < -0.39 is 0 Å². The summed E-state index contributed by atoms with van der Waals surface area (Å²) in [6.07, 6.45) is 0.811. The fourth-order valence-corrected chi connectivity index (χ4v) is 3.20. The molecule has 0 radical (unpaired) electrons. The number of hydrogen-bond acceptors (Lipinski definition) is 5. The van der Waals surface area contributed by atoms with E-state index in [2.05, 4.69) is 5.32 Å². The minimum Gasteiger partial charge on any atom is -0.490 e. The van der Waals surface area contributed by atoms with Gasteiger partial charge in [0.25, 0.3) is 5.91 Å². The normalized spacial score (nSPS) is 12.6. The van der Waals surface area contributed by atoms with Gasteiger partial charge < -0.3 is 19.5 Å². The first-order valence-electron chi connectivity index (χ1n) is 9.64. The van der Waals surface area contributed by atoms with Gasteiger partial charge in [0.05, 0.1) is 25.9 Å². The van der Waals surface area contributed by atoms with E-state index in [9.17, 15) is 9.59 Å². The van der Waals surface area contributed by atoms with Crippen LogP contribution in [0.4, 0.5) is 5.69 Å². The van der Waals surface area contributed by atoms with Crippen molar-refractivity contribution in [1.82, 2.24) is 0 Å². The van der Waals surface area contributed by atoms with Gasteiger partial charge in [-0.3, -0.25) is 4.79 Å². The first kappa shape index (κ1) is 19.5. The summed E-state index contributed by atoms with van der Waals surface area (Å²) in [5.74, 6) is 0.630. The second-order valence-electron chi connectivity index (χ2n) is 6.82. The maximum Gasteiger partial charge on any atom is 0.337 e. The number of carbonyl (C=O) groups is 2. The van der Waals surface area contributed by atoms with Gasteiger partial charge in [0, 0.05) is 17.7 Å². The van der Waals surface area contributed by atoms with Crippen LogP contribution >= 0.6 is 0 Å². The Morgan fingerprint density at radius 1 is 0.833 bits per heavy atom. The number of rotatable bonds is 4. The minimum atomic E-state index is -0.379. The van der Waals surface area contributed by atoms with Gasteiger partial charge in [-0.1, -0.05) is 24.3 Å². The molecular weight excluding hydrogens is 382 g/mol. The number of esters is 1. The molecule has 0 aliphatic carbocycles. The standard InChI is InChI=1S/C24H21NO5/c1-28-24(27)19-5-2-4-17(14-19)16-6-9-20(10-7-16)25-23(26)18-8-11-21-22(15-18)30-13-3-12-29-21/h2,4-11,14-15H,3,12-13H2,1H3,(H,25,26). The summed E-state index contributed by atoms with van der Waals surface area (Å²) >= 11 is 0. The van der Waals surface area contributed by atoms with E-state index in [1.807, 2.05) is 30.3 Å². The van der Waals surface area contributed by atoms with Crippen molar-refractivity contribution in [2.24, 2.45) is 0 Å². The first-order valence-corrected chi connectivity index (χ1v) is 9.64. The molecular formula is C24H21NO5. The van der Waals surface area contributed by atoms with Gasteiger partial charge in [-0.15, -0.1) is 0 Å². The Bertz CT molecular complexity index is 1080. The molecule has 1 heterocycles. The Labute approximate surface area is 174 Å². The van der Waals surface area contributed by atoms with Crippen molar-refractivity contribution < 1.29 is 23.8 Å². The molecule has 6 nitrogen and oxygen atoms in total. The van der Waals surface area contributed by atoms with Crippen molar-refractivity contribution in [3.8, 4) is 22.6 Å². The lowest BCUT2D eigenvalue weighted by molar-refractivity contribution is 0.0600. The average Bonchev–Trinajstić information content (AvgIpc) is 3.04. The number of methoxy groups -OCH3 is 1. The second kappa shape index (κ2) is 8.69. The van der Waals surface area contributed by atoms with Crippen LogP contribution in [0.25, 0.3) is 11.1 Å². The van der Waals surface area contributed by atoms with Crippen molar-refractivity contribution in [2.75, 3.05) is 25.6 Å². The Hall–Kier alpha value is -3.80. The average molecular weight is 403 g/mol. The molecule has 1 aliphatic rings. The van der Waals surface area contributed by atoms with Crippen LogP contribution in [0.15, 0.2) is 66.7 Å². The highest BCUT2D eigenvalue weighted by atomic mass is 16.5. The van der Waals surface area contributed by atoms with Gasteiger partial charge in [0.15, 0.2) is 11.5 Å². The highest BCUT2D eigenvalue weighted by molar-refractivity contribution is 6.04. The topological polar surface area (TPSA) is 73.9 Å². The lowest BCUT2D eigenvalue weighted by Crippen LogP contribution is -2.12. The number of amides is 1. The van der Waals surface area contributed by atoms with E-state index in [0.29, 0.717) is 41.5 Å². The van der Waals surface area contributed by atoms with Gasteiger partial charge >= 0.3 is 5.97 Å². The van der Waals surface area contributed by atoms with Crippen LogP contribution in [0.1, 0.15) is 27.1 Å². The molecule has 0 atom stereocenters. The molecule has 0 bridgehead atoms. The van der Waals surface area contributed by atoms with Crippen LogP contribution in [0.3, 0.4) is 0 Å². The lowest BCUT2D eigenvalue weighted by atomic mass is 10.0. The third-order valence-corrected chi connectivity index (χ3v) is 4.77. The number of hydrogen-bond donors (Lipinski definition) is 1. The molecule has 1 amide bonds. The molecule has 0 spiro atoms. The maximum atomic E-state index is 12.6. The fourth-order valence-electron chi connectivity index (χ4n) is 3.20. The van der Waals surface area contributed by atoms with Crippen LogP contribution in [-0.4, -0.2) is 32.2 Å². The second-order valence-corrected chi connectivity index (χ2v) is 6.82. The number of benzene rings is 3. The molecule has 0 saturated heterocycles. The Morgan fingerprint density at radius 3 is 2.37 bits per heavy atom. The van der Waals surface area contributed by atoms with E-state index in [1.165, 1.54) is 7.11 Å². The number of fused-ring (bicyclic) bond motifs is 1. The zero-order valence-corrected chi connectivity index (χ0v) is 16.5. The molecule has 0 fully saturated rings.